The van der Waals surface area contributed by atoms with Crippen molar-refractivity contribution in [3.05, 3.63) is 59.9 Å². The maximum atomic E-state index is 12.3. The Kier molecular flexibility index (Phi) is 11.8. The van der Waals surface area contributed by atoms with E-state index in [-0.39, 0.29) is 42.5 Å². The first kappa shape index (κ1) is 25.7. The van der Waals surface area contributed by atoms with Crippen LogP contribution in [0.1, 0.15) is 18.2 Å². The summed E-state index contributed by atoms with van der Waals surface area (Å²) in [7, 11) is 3.47. The van der Waals surface area contributed by atoms with Crippen molar-refractivity contribution in [1.82, 2.24) is 20.5 Å². The predicted octanol–water partition coefficient (Wildman–Crippen LogP) is 2.64. The number of guanidine groups is 1. The minimum atomic E-state index is -0.0496. The molecular weight excluding hydrogens is 493 g/mol. The molecule has 2 aromatic rings. The maximum Gasteiger partial charge on any atom is 0.241 e. The smallest absolute Gasteiger partial charge is 0.241 e. The Balaban J connectivity index is 0.00000450. The molecule has 1 amide bonds. The summed E-state index contributed by atoms with van der Waals surface area (Å²) in [5, 5.41) is 6.25. The first-order valence-corrected chi connectivity index (χ1v) is 9.80. The number of halogens is 1. The van der Waals surface area contributed by atoms with Gasteiger partial charge in [0.25, 0.3) is 0 Å². The topological polar surface area (TPSA) is 78.9 Å². The third-order valence-electron chi connectivity index (χ3n) is 4.46. The summed E-state index contributed by atoms with van der Waals surface area (Å²) in [6.45, 7) is 5.36. The Morgan fingerprint density at radius 1 is 1.20 bits per heavy atom. The molecule has 0 bridgehead atoms. The van der Waals surface area contributed by atoms with Gasteiger partial charge in [-0.15, -0.1) is 24.0 Å². The quantitative estimate of drug-likeness (QED) is 0.299. The first-order valence-electron chi connectivity index (χ1n) is 9.80. The number of hydrogen-bond donors (Lipinski definition) is 2. The number of aromatic nitrogens is 1. The molecule has 2 rings (SSSR count). The fourth-order valence-electron chi connectivity index (χ4n) is 2.66. The molecule has 0 saturated carbocycles. The average molecular weight is 525 g/mol. The van der Waals surface area contributed by atoms with Crippen molar-refractivity contribution in [2.24, 2.45) is 4.99 Å². The molecule has 0 aliphatic rings. The van der Waals surface area contributed by atoms with Gasteiger partial charge in [0, 0.05) is 39.0 Å². The SMILES string of the molecule is CN=C(NCC(=O)N(C)CCc1ccccn1)NCC(C)Oc1ccccc1C.I. The Labute approximate surface area is 196 Å². The van der Waals surface area contributed by atoms with Gasteiger partial charge in [0.2, 0.25) is 5.91 Å². The number of pyridine rings is 1. The molecule has 0 fully saturated rings. The molecule has 1 atom stereocenters. The second kappa shape index (κ2) is 13.8. The summed E-state index contributed by atoms with van der Waals surface area (Å²) in [5.41, 5.74) is 2.07. The number of amides is 1. The van der Waals surface area contributed by atoms with Crippen molar-refractivity contribution in [2.75, 3.05) is 33.7 Å². The van der Waals surface area contributed by atoms with Gasteiger partial charge >= 0.3 is 0 Å². The van der Waals surface area contributed by atoms with Gasteiger partial charge in [0.05, 0.1) is 13.1 Å². The molecule has 1 aromatic carbocycles. The van der Waals surface area contributed by atoms with Crippen LogP contribution in [0.3, 0.4) is 0 Å². The lowest BCUT2D eigenvalue weighted by Crippen LogP contribution is -2.46. The number of para-hydroxylation sites is 1. The summed E-state index contributed by atoms with van der Waals surface area (Å²) in [6, 6.07) is 13.7. The van der Waals surface area contributed by atoms with Crippen LogP contribution in [0.25, 0.3) is 0 Å². The van der Waals surface area contributed by atoms with E-state index in [1.807, 2.05) is 56.3 Å². The predicted molar refractivity (Wildman–Crippen MR) is 132 cm³/mol. The van der Waals surface area contributed by atoms with E-state index >= 15 is 0 Å². The highest BCUT2D eigenvalue weighted by Gasteiger charge is 2.11. The van der Waals surface area contributed by atoms with E-state index in [4.69, 9.17) is 4.74 Å². The second-order valence-electron chi connectivity index (χ2n) is 6.89. The van der Waals surface area contributed by atoms with Crippen LogP contribution in [-0.2, 0) is 11.2 Å². The zero-order valence-electron chi connectivity index (χ0n) is 18.1. The molecule has 164 valence electrons. The van der Waals surface area contributed by atoms with Crippen molar-refractivity contribution < 1.29 is 9.53 Å². The van der Waals surface area contributed by atoms with E-state index in [1.165, 1.54) is 0 Å². The van der Waals surface area contributed by atoms with Gasteiger partial charge in [-0.1, -0.05) is 24.3 Å². The highest BCUT2D eigenvalue weighted by molar-refractivity contribution is 14.0. The van der Waals surface area contributed by atoms with Gasteiger partial charge < -0.3 is 20.3 Å². The van der Waals surface area contributed by atoms with E-state index < -0.39 is 0 Å². The van der Waals surface area contributed by atoms with Gasteiger partial charge in [-0.3, -0.25) is 14.8 Å². The van der Waals surface area contributed by atoms with Gasteiger partial charge in [0.1, 0.15) is 11.9 Å². The van der Waals surface area contributed by atoms with E-state index in [0.29, 0.717) is 19.0 Å². The first-order chi connectivity index (χ1) is 14.0. The molecule has 0 saturated heterocycles. The zero-order valence-corrected chi connectivity index (χ0v) is 20.4. The third-order valence-corrected chi connectivity index (χ3v) is 4.46. The highest BCUT2D eigenvalue weighted by atomic mass is 127. The fourth-order valence-corrected chi connectivity index (χ4v) is 2.66. The van der Waals surface area contributed by atoms with Crippen LogP contribution in [-0.4, -0.2) is 61.6 Å². The van der Waals surface area contributed by atoms with Gasteiger partial charge in [-0.05, 0) is 37.6 Å². The summed E-state index contributed by atoms with van der Waals surface area (Å²) in [6.07, 6.45) is 2.44. The number of carbonyl (C=O) groups is 1. The number of aryl methyl sites for hydroxylation is 1. The van der Waals surface area contributed by atoms with Crippen LogP contribution in [0.5, 0.6) is 5.75 Å². The summed E-state index contributed by atoms with van der Waals surface area (Å²) in [4.78, 5) is 22.5. The van der Waals surface area contributed by atoms with Crippen LogP contribution in [0.2, 0.25) is 0 Å². The van der Waals surface area contributed by atoms with Gasteiger partial charge in [0.15, 0.2) is 5.96 Å². The van der Waals surface area contributed by atoms with Crippen molar-refractivity contribution in [2.45, 2.75) is 26.4 Å². The Hall–Kier alpha value is -2.36. The second-order valence-corrected chi connectivity index (χ2v) is 6.89. The van der Waals surface area contributed by atoms with Crippen LogP contribution in [0.4, 0.5) is 0 Å². The third kappa shape index (κ3) is 8.98. The van der Waals surface area contributed by atoms with E-state index in [0.717, 1.165) is 23.4 Å². The monoisotopic (exact) mass is 525 g/mol. The molecule has 7 nitrogen and oxygen atoms in total. The van der Waals surface area contributed by atoms with Crippen molar-refractivity contribution in [3.8, 4) is 5.75 Å². The zero-order chi connectivity index (χ0) is 21.1. The lowest BCUT2D eigenvalue weighted by Gasteiger charge is -2.20. The Bertz CT molecular complexity index is 801. The number of hydrogen-bond acceptors (Lipinski definition) is 4. The molecular formula is C22H32IN5O2. The number of nitrogens with zero attached hydrogens (tertiary/aromatic N) is 3. The number of rotatable bonds is 9. The van der Waals surface area contributed by atoms with Gasteiger partial charge in [-0.25, -0.2) is 0 Å². The Morgan fingerprint density at radius 3 is 2.60 bits per heavy atom. The molecule has 1 aromatic heterocycles. The van der Waals surface area contributed by atoms with Crippen LogP contribution in [0.15, 0.2) is 53.7 Å². The molecule has 1 heterocycles. The number of likely N-dealkylation sites (N-methyl/N-ethyl adjacent to an activating group) is 1. The molecule has 0 spiro atoms. The van der Waals surface area contributed by atoms with E-state index in [9.17, 15) is 4.79 Å². The van der Waals surface area contributed by atoms with Crippen molar-refractivity contribution in [3.63, 3.8) is 0 Å². The number of benzene rings is 1. The number of ether oxygens (including phenoxy) is 1. The Morgan fingerprint density at radius 2 is 1.93 bits per heavy atom. The van der Waals surface area contributed by atoms with Crippen LogP contribution >= 0.6 is 24.0 Å². The van der Waals surface area contributed by atoms with Gasteiger partial charge in [-0.2, -0.15) is 0 Å². The normalized spacial score (nSPS) is 11.8. The minimum absolute atomic E-state index is 0. The molecule has 1 unspecified atom stereocenters. The van der Waals surface area contributed by atoms with Crippen LogP contribution in [0, 0.1) is 6.92 Å². The molecule has 0 radical (unpaired) electrons. The van der Waals surface area contributed by atoms with Crippen LogP contribution < -0.4 is 15.4 Å². The molecule has 30 heavy (non-hydrogen) atoms. The fraction of sp³-hybridized carbons (Fsp3) is 0.409. The molecule has 8 heteroatoms. The highest BCUT2D eigenvalue weighted by Crippen LogP contribution is 2.17. The lowest BCUT2D eigenvalue weighted by atomic mass is 10.2. The minimum Gasteiger partial charge on any atom is -0.489 e. The standard InChI is InChI=1S/C22H31N5O2.HI/c1-17-9-5-6-11-20(17)29-18(2)15-25-22(23-3)26-16-21(28)27(4)14-12-19-10-7-8-13-24-19;/h5-11,13,18H,12,14-16H2,1-4H3,(H2,23,25,26);1H. The maximum absolute atomic E-state index is 12.3. The molecule has 2 N–H and O–H groups in total. The number of carbonyl (C=O) groups excluding carboxylic acids is 1. The van der Waals surface area contributed by atoms with Crippen molar-refractivity contribution >= 4 is 35.8 Å². The largest absolute Gasteiger partial charge is 0.489 e. The number of aliphatic imine (C=N–C) groups is 1. The molecule has 0 aliphatic carbocycles. The van der Waals surface area contributed by atoms with E-state index in [2.05, 4.69) is 20.6 Å². The number of nitrogens with one attached hydrogen (secondary N) is 2. The summed E-state index contributed by atoms with van der Waals surface area (Å²) < 4.78 is 5.95. The lowest BCUT2D eigenvalue weighted by molar-refractivity contribution is -0.128. The van der Waals surface area contributed by atoms with E-state index in [1.54, 1.807) is 25.2 Å². The summed E-state index contributed by atoms with van der Waals surface area (Å²) in [5.74, 6) is 1.43. The average Bonchev–Trinajstić information content (AvgIpc) is 2.74. The van der Waals surface area contributed by atoms with Crippen molar-refractivity contribution in [1.29, 1.82) is 0 Å². The summed E-state index contributed by atoms with van der Waals surface area (Å²) >= 11 is 0. The molecule has 0 aliphatic heterocycles.